The molecule has 0 spiro atoms. The summed E-state index contributed by atoms with van der Waals surface area (Å²) in [6, 6.07) is 12.1. The second-order valence-electron chi connectivity index (χ2n) is 5.46. The van der Waals surface area contributed by atoms with Gasteiger partial charge in [0.1, 0.15) is 11.9 Å². The summed E-state index contributed by atoms with van der Waals surface area (Å²) in [4.78, 5) is 13.8. The fourth-order valence-corrected chi connectivity index (χ4v) is 3.35. The highest BCUT2D eigenvalue weighted by molar-refractivity contribution is 7.12. The third kappa shape index (κ3) is 3.32. The molecule has 4 aromatic rings. The zero-order valence-corrected chi connectivity index (χ0v) is 14.2. The van der Waals surface area contributed by atoms with Crippen molar-refractivity contribution in [2.45, 2.75) is 12.6 Å². The van der Waals surface area contributed by atoms with Gasteiger partial charge < -0.3 is 23.8 Å². The molecule has 0 saturated carbocycles. The van der Waals surface area contributed by atoms with Crippen LogP contribution in [0, 0.1) is 0 Å². The number of carbonyl (C=O) groups excluding carboxylic acids is 1. The standard InChI is InChI=1S/C18H14N2O5S/c21-17(14-4-2-8-24-14)16-6-5-11(26-16)10-19-18(22)12-9-15(25-20-12)13-3-1-7-23-13/h1-9,17,21H,10H2,(H,19,22). The Morgan fingerprint density at radius 2 is 2.00 bits per heavy atom. The van der Waals surface area contributed by atoms with Gasteiger partial charge in [0.15, 0.2) is 11.5 Å². The van der Waals surface area contributed by atoms with Crippen molar-refractivity contribution >= 4 is 17.2 Å². The second-order valence-corrected chi connectivity index (χ2v) is 6.66. The topological polar surface area (TPSA) is 102 Å². The fraction of sp³-hybridized carbons (Fsp3) is 0.111. The first-order valence-electron chi connectivity index (χ1n) is 7.79. The van der Waals surface area contributed by atoms with Crippen LogP contribution in [0.15, 0.2) is 68.3 Å². The van der Waals surface area contributed by atoms with Crippen molar-refractivity contribution in [3.8, 4) is 11.5 Å². The van der Waals surface area contributed by atoms with Gasteiger partial charge in [-0.3, -0.25) is 4.79 Å². The summed E-state index contributed by atoms with van der Waals surface area (Å²) in [5, 5.41) is 16.8. The van der Waals surface area contributed by atoms with Crippen LogP contribution in [0.1, 0.15) is 32.1 Å². The summed E-state index contributed by atoms with van der Waals surface area (Å²) in [7, 11) is 0. The van der Waals surface area contributed by atoms with Crippen LogP contribution < -0.4 is 5.32 Å². The van der Waals surface area contributed by atoms with E-state index in [9.17, 15) is 9.90 Å². The van der Waals surface area contributed by atoms with E-state index in [1.165, 1.54) is 29.9 Å². The lowest BCUT2D eigenvalue weighted by Crippen LogP contribution is -2.22. The van der Waals surface area contributed by atoms with Crippen molar-refractivity contribution in [1.29, 1.82) is 0 Å². The maximum Gasteiger partial charge on any atom is 0.273 e. The first-order valence-corrected chi connectivity index (χ1v) is 8.61. The Morgan fingerprint density at radius 3 is 2.77 bits per heavy atom. The molecule has 1 amide bonds. The molecule has 0 aliphatic rings. The van der Waals surface area contributed by atoms with Crippen LogP contribution in [-0.2, 0) is 6.54 Å². The molecule has 0 saturated heterocycles. The van der Waals surface area contributed by atoms with Crippen molar-refractivity contribution in [3.63, 3.8) is 0 Å². The number of furan rings is 2. The zero-order valence-electron chi connectivity index (χ0n) is 13.4. The number of aliphatic hydroxyl groups is 1. The molecular formula is C18H14N2O5S. The molecule has 1 atom stereocenters. The van der Waals surface area contributed by atoms with E-state index in [1.54, 1.807) is 24.3 Å². The zero-order chi connectivity index (χ0) is 17.9. The maximum atomic E-state index is 12.2. The van der Waals surface area contributed by atoms with Gasteiger partial charge in [-0.15, -0.1) is 11.3 Å². The van der Waals surface area contributed by atoms with Crippen molar-refractivity contribution in [3.05, 3.63) is 76.2 Å². The van der Waals surface area contributed by atoms with Crippen LogP contribution in [0.25, 0.3) is 11.5 Å². The number of nitrogens with zero attached hydrogens (tertiary/aromatic N) is 1. The number of hydrogen-bond acceptors (Lipinski definition) is 7. The largest absolute Gasteiger partial charge is 0.466 e. The molecule has 0 aliphatic heterocycles. The number of amides is 1. The van der Waals surface area contributed by atoms with Crippen LogP contribution in [-0.4, -0.2) is 16.2 Å². The third-order valence-corrected chi connectivity index (χ3v) is 4.83. The Morgan fingerprint density at radius 1 is 1.15 bits per heavy atom. The summed E-state index contributed by atoms with van der Waals surface area (Å²) in [5.41, 5.74) is 0.170. The summed E-state index contributed by atoms with van der Waals surface area (Å²) < 4.78 is 15.5. The predicted octanol–water partition coefficient (Wildman–Crippen LogP) is 3.60. The molecular weight excluding hydrogens is 356 g/mol. The second kappa shape index (κ2) is 7.03. The molecule has 0 fully saturated rings. The molecule has 8 heteroatoms. The minimum atomic E-state index is -0.814. The van der Waals surface area contributed by atoms with E-state index in [1.807, 2.05) is 12.1 Å². The summed E-state index contributed by atoms with van der Waals surface area (Å²) in [6.45, 7) is 0.317. The third-order valence-electron chi connectivity index (χ3n) is 3.69. The Balaban J connectivity index is 1.38. The van der Waals surface area contributed by atoms with Crippen LogP contribution >= 0.6 is 11.3 Å². The summed E-state index contributed by atoms with van der Waals surface area (Å²) in [6.07, 6.45) is 2.22. The van der Waals surface area contributed by atoms with Crippen LogP contribution in [0.4, 0.5) is 0 Å². The smallest absolute Gasteiger partial charge is 0.273 e. The van der Waals surface area contributed by atoms with Crippen molar-refractivity contribution in [2.24, 2.45) is 0 Å². The van der Waals surface area contributed by atoms with Gasteiger partial charge in [0.25, 0.3) is 5.91 Å². The van der Waals surface area contributed by atoms with Gasteiger partial charge in [0.2, 0.25) is 5.76 Å². The number of hydrogen-bond donors (Lipinski definition) is 2. The first-order chi connectivity index (χ1) is 12.7. The van der Waals surface area contributed by atoms with Crippen LogP contribution in [0.2, 0.25) is 0 Å². The van der Waals surface area contributed by atoms with Crippen molar-refractivity contribution in [2.75, 3.05) is 0 Å². The molecule has 0 bridgehead atoms. The Hall–Kier alpha value is -3.10. The number of aliphatic hydroxyl groups excluding tert-OH is 1. The van der Waals surface area contributed by atoms with Gasteiger partial charge in [0.05, 0.1) is 19.1 Å². The number of thiophene rings is 1. The van der Waals surface area contributed by atoms with E-state index in [-0.39, 0.29) is 11.6 Å². The molecule has 1 unspecified atom stereocenters. The van der Waals surface area contributed by atoms with E-state index in [0.717, 1.165) is 9.75 Å². The van der Waals surface area contributed by atoms with Crippen LogP contribution in [0.3, 0.4) is 0 Å². The highest BCUT2D eigenvalue weighted by atomic mass is 32.1. The number of rotatable bonds is 6. The fourth-order valence-electron chi connectivity index (χ4n) is 2.40. The molecule has 0 radical (unpaired) electrons. The highest BCUT2D eigenvalue weighted by Crippen LogP contribution is 2.28. The summed E-state index contributed by atoms with van der Waals surface area (Å²) >= 11 is 1.40. The Kier molecular flexibility index (Phi) is 4.42. The number of aromatic nitrogens is 1. The van der Waals surface area contributed by atoms with Gasteiger partial charge in [-0.25, -0.2) is 0 Å². The van der Waals surface area contributed by atoms with E-state index < -0.39 is 6.10 Å². The van der Waals surface area contributed by atoms with Crippen LogP contribution in [0.5, 0.6) is 0 Å². The Bertz CT molecular complexity index is 985. The quantitative estimate of drug-likeness (QED) is 0.538. The molecule has 0 aromatic carbocycles. The lowest BCUT2D eigenvalue weighted by molar-refractivity contribution is 0.0942. The van der Waals surface area contributed by atoms with Crippen molar-refractivity contribution < 1.29 is 23.3 Å². The number of nitrogens with one attached hydrogen (secondary N) is 1. The van der Waals surface area contributed by atoms with Gasteiger partial charge in [0, 0.05) is 15.8 Å². The van der Waals surface area contributed by atoms with E-state index in [4.69, 9.17) is 13.4 Å². The van der Waals surface area contributed by atoms with E-state index >= 15 is 0 Å². The van der Waals surface area contributed by atoms with E-state index in [2.05, 4.69) is 10.5 Å². The molecule has 4 heterocycles. The first kappa shape index (κ1) is 16.4. The highest BCUT2D eigenvalue weighted by Gasteiger charge is 2.17. The van der Waals surface area contributed by atoms with E-state index in [0.29, 0.717) is 23.8 Å². The lowest BCUT2D eigenvalue weighted by atomic mass is 10.2. The van der Waals surface area contributed by atoms with Gasteiger partial charge in [-0.05, 0) is 36.4 Å². The number of carbonyl (C=O) groups is 1. The monoisotopic (exact) mass is 370 g/mol. The predicted molar refractivity (Wildman–Crippen MR) is 92.5 cm³/mol. The minimum Gasteiger partial charge on any atom is -0.466 e. The normalized spacial score (nSPS) is 12.2. The molecule has 2 N–H and O–H groups in total. The van der Waals surface area contributed by atoms with Gasteiger partial charge in [-0.1, -0.05) is 5.16 Å². The molecule has 7 nitrogen and oxygen atoms in total. The molecule has 0 aliphatic carbocycles. The average Bonchev–Trinajstić information content (AvgIpc) is 3.44. The molecule has 4 rings (SSSR count). The lowest BCUT2D eigenvalue weighted by Gasteiger charge is -2.04. The summed E-state index contributed by atoms with van der Waals surface area (Å²) in [5.74, 6) is 1.02. The SMILES string of the molecule is O=C(NCc1ccc(C(O)c2ccco2)s1)c1cc(-c2ccco2)on1. The van der Waals surface area contributed by atoms with Gasteiger partial charge in [-0.2, -0.15) is 0 Å². The minimum absolute atomic E-state index is 0.170. The Labute approximate surface area is 151 Å². The molecule has 4 aromatic heterocycles. The molecule has 132 valence electrons. The maximum absolute atomic E-state index is 12.2. The van der Waals surface area contributed by atoms with Crippen molar-refractivity contribution in [1.82, 2.24) is 10.5 Å². The molecule has 26 heavy (non-hydrogen) atoms. The van der Waals surface area contributed by atoms with Gasteiger partial charge >= 0.3 is 0 Å². The average molecular weight is 370 g/mol.